The van der Waals surface area contributed by atoms with Crippen LogP contribution in [0.3, 0.4) is 0 Å². The van der Waals surface area contributed by atoms with Gasteiger partial charge in [0.15, 0.2) is 5.11 Å². The van der Waals surface area contributed by atoms with Crippen molar-refractivity contribution < 1.29 is 4.74 Å². The van der Waals surface area contributed by atoms with Gasteiger partial charge in [-0.05, 0) is 55.4 Å². The average Bonchev–Trinajstić information content (AvgIpc) is 2.58. The van der Waals surface area contributed by atoms with Crippen molar-refractivity contribution in [1.29, 1.82) is 0 Å². The van der Waals surface area contributed by atoms with Gasteiger partial charge in [0.05, 0.1) is 12.8 Å². The predicted molar refractivity (Wildman–Crippen MR) is 105 cm³/mol. The van der Waals surface area contributed by atoms with Crippen LogP contribution in [0.25, 0.3) is 0 Å². The molecule has 0 atom stereocenters. The highest BCUT2D eigenvalue weighted by molar-refractivity contribution is 7.80. The van der Waals surface area contributed by atoms with E-state index in [1.54, 1.807) is 6.21 Å². The molecule has 6 heteroatoms. The number of thiocarbonyl (C=S) groups is 1. The Kier molecular flexibility index (Phi) is 7.03. The zero-order valence-corrected chi connectivity index (χ0v) is 15.2. The first-order chi connectivity index (χ1) is 11.6. The summed E-state index contributed by atoms with van der Waals surface area (Å²) in [4.78, 5) is 0. The van der Waals surface area contributed by atoms with E-state index in [-0.39, 0.29) is 0 Å². The summed E-state index contributed by atoms with van der Waals surface area (Å²) in [5, 5.41) is 8.32. The molecule has 4 nitrogen and oxygen atoms in total. The Bertz CT molecular complexity index is 734. The van der Waals surface area contributed by atoms with Gasteiger partial charge in [0.2, 0.25) is 0 Å². The Morgan fingerprint density at radius 1 is 1.25 bits per heavy atom. The average molecular weight is 362 g/mol. The largest absolute Gasteiger partial charge is 0.493 e. The molecule has 0 saturated heterocycles. The lowest BCUT2D eigenvalue weighted by Crippen LogP contribution is -2.24. The summed E-state index contributed by atoms with van der Waals surface area (Å²) >= 11 is 11.3. The SMILES string of the molecule is CCCOc1ccccc1C=NNC(=S)Nc1cccc(Cl)c1C. The topological polar surface area (TPSA) is 45.6 Å². The van der Waals surface area contributed by atoms with E-state index >= 15 is 0 Å². The smallest absolute Gasteiger partial charge is 0.191 e. The summed E-state index contributed by atoms with van der Waals surface area (Å²) in [5.74, 6) is 0.800. The van der Waals surface area contributed by atoms with Crippen LogP contribution in [0.5, 0.6) is 5.75 Å². The fraction of sp³-hybridized carbons (Fsp3) is 0.222. The fourth-order valence-electron chi connectivity index (χ4n) is 1.98. The van der Waals surface area contributed by atoms with Crippen molar-refractivity contribution in [2.24, 2.45) is 5.10 Å². The first kappa shape index (κ1) is 18.2. The molecule has 0 aromatic heterocycles. The molecule has 0 radical (unpaired) electrons. The van der Waals surface area contributed by atoms with Gasteiger partial charge >= 0.3 is 0 Å². The van der Waals surface area contributed by atoms with Crippen molar-refractivity contribution in [3.05, 3.63) is 58.6 Å². The second-order valence-corrected chi connectivity index (χ2v) is 5.94. The molecule has 0 heterocycles. The monoisotopic (exact) mass is 361 g/mol. The Morgan fingerprint density at radius 2 is 2.04 bits per heavy atom. The maximum atomic E-state index is 6.09. The molecule has 2 aromatic rings. The van der Waals surface area contributed by atoms with Crippen LogP contribution in [0, 0.1) is 6.92 Å². The van der Waals surface area contributed by atoms with Crippen LogP contribution in [-0.4, -0.2) is 17.9 Å². The molecule has 0 amide bonds. The van der Waals surface area contributed by atoms with Crippen LogP contribution < -0.4 is 15.5 Å². The van der Waals surface area contributed by atoms with Gasteiger partial charge in [-0.2, -0.15) is 5.10 Å². The summed E-state index contributed by atoms with van der Waals surface area (Å²) in [6.07, 6.45) is 2.64. The van der Waals surface area contributed by atoms with Gasteiger partial charge in [-0.1, -0.05) is 36.7 Å². The van der Waals surface area contributed by atoms with E-state index in [0.29, 0.717) is 16.7 Å². The standard InChI is InChI=1S/C18H20ClN3OS/c1-3-11-23-17-10-5-4-7-14(17)12-20-22-18(24)21-16-9-6-8-15(19)13(16)2/h4-10,12H,3,11H2,1-2H3,(H2,21,22,24). The lowest BCUT2D eigenvalue weighted by Gasteiger charge is -2.11. The number of nitrogens with one attached hydrogen (secondary N) is 2. The molecule has 2 N–H and O–H groups in total. The molecule has 0 unspecified atom stereocenters. The molecule has 0 spiro atoms. The Balaban J connectivity index is 1.96. The van der Waals surface area contributed by atoms with Crippen molar-refractivity contribution in [3.8, 4) is 5.75 Å². The van der Waals surface area contributed by atoms with E-state index in [4.69, 9.17) is 28.6 Å². The van der Waals surface area contributed by atoms with Gasteiger partial charge in [0.25, 0.3) is 0 Å². The Morgan fingerprint density at radius 3 is 2.83 bits per heavy atom. The zero-order valence-electron chi connectivity index (χ0n) is 13.7. The highest BCUT2D eigenvalue weighted by atomic mass is 35.5. The molecule has 2 rings (SSSR count). The summed E-state index contributed by atoms with van der Waals surface area (Å²) in [7, 11) is 0. The van der Waals surface area contributed by atoms with Gasteiger partial charge < -0.3 is 10.1 Å². The number of nitrogens with zero attached hydrogens (tertiary/aromatic N) is 1. The Hall–Kier alpha value is -2.11. The van der Waals surface area contributed by atoms with Crippen molar-refractivity contribution in [2.75, 3.05) is 11.9 Å². The maximum absolute atomic E-state index is 6.09. The summed E-state index contributed by atoms with van der Waals surface area (Å²) in [5.41, 5.74) is 5.47. The molecule has 126 valence electrons. The van der Waals surface area contributed by atoms with Gasteiger partial charge in [0.1, 0.15) is 5.75 Å². The van der Waals surface area contributed by atoms with Crippen LogP contribution in [0.4, 0.5) is 5.69 Å². The lowest BCUT2D eigenvalue weighted by molar-refractivity contribution is 0.317. The van der Waals surface area contributed by atoms with E-state index in [2.05, 4.69) is 22.8 Å². The second kappa shape index (κ2) is 9.25. The van der Waals surface area contributed by atoms with Crippen molar-refractivity contribution in [3.63, 3.8) is 0 Å². The minimum atomic E-state index is 0.392. The first-order valence-electron chi connectivity index (χ1n) is 7.68. The number of halogens is 1. The molecule has 0 fully saturated rings. The molecule has 0 aliphatic rings. The highest BCUT2D eigenvalue weighted by Gasteiger charge is 2.03. The lowest BCUT2D eigenvalue weighted by atomic mass is 10.2. The molecule has 0 aliphatic heterocycles. The third kappa shape index (κ3) is 5.22. The zero-order chi connectivity index (χ0) is 17.4. The first-order valence-corrected chi connectivity index (χ1v) is 8.47. The van der Waals surface area contributed by atoms with E-state index in [1.807, 2.05) is 49.4 Å². The van der Waals surface area contributed by atoms with Gasteiger partial charge in [0, 0.05) is 16.3 Å². The number of hydrazone groups is 1. The highest BCUT2D eigenvalue weighted by Crippen LogP contribution is 2.22. The number of benzene rings is 2. The fourth-order valence-corrected chi connectivity index (χ4v) is 2.32. The molecule has 0 saturated carbocycles. The molecular weight excluding hydrogens is 342 g/mol. The van der Waals surface area contributed by atoms with Crippen LogP contribution in [0.2, 0.25) is 5.02 Å². The van der Waals surface area contributed by atoms with Gasteiger partial charge in [-0.3, -0.25) is 5.43 Å². The minimum Gasteiger partial charge on any atom is -0.493 e. The number of rotatable bonds is 6. The van der Waals surface area contributed by atoms with Crippen molar-refractivity contribution >= 4 is 40.8 Å². The number of hydrogen-bond acceptors (Lipinski definition) is 3. The van der Waals surface area contributed by atoms with E-state index in [1.165, 1.54) is 0 Å². The predicted octanol–water partition coefficient (Wildman–Crippen LogP) is 4.76. The van der Waals surface area contributed by atoms with Crippen LogP contribution >= 0.6 is 23.8 Å². The maximum Gasteiger partial charge on any atom is 0.191 e. The Labute approximate surface area is 152 Å². The van der Waals surface area contributed by atoms with Gasteiger partial charge in [-0.25, -0.2) is 0 Å². The second-order valence-electron chi connectivity index (χ2n) is 5.12. The van der Waals surface area contributed by atoms with E-state index in [0.717, 1.165) is 29.0 Å². The van der Waals surface area contributed by atoms with E-state index in [9.17, 15) is 0 Å². The van der Waals surface area contributed by atoms with Crippen LogP contribution in [-0.2, 0) is 0 Å². The normalized spacial score (nSPS) is 10.6. The summed E-state index contributed by atoms with van der Waals surface area (Å²) in [6.45, 7) is 4.67. The summed E-state index contributed by atoms with van der Waals surface area (Å²) in [6, 6.07) is 13.3. The number of para-hydroxylation sites is 1. The van der Waals surface area contributed by atoms with Gasteiger partial charge in [-0.15, -0.1) is 0 Å². The molecular formula is C18H20ClN3OS. The number of ether oxygens (including phenoxy) is 1. The number of anilines is 1. The summed E-state index contributed by atoms with van der Waals surface area (Å²) < 4.78 is 5.69. The molecule has 24 heavy (non-hydrogen) atoms. The van der Waals surface area contributed by atoms with Crippen LogP contribution in [0.15, 0.2) is 47.6 Å². The van der Waals surface area contributed by atoms with E-state index < -0.39 is 0 Å². The molecule has 2 aromatic carbocycles. The third-order valence-corrected chi connectivity index (χ3v) is 3.87. The van der Waals surface area contributed by atoms with Crippen molar-refractivity contribution in [2.45, 2.75) is 20.3 Å². The van der Waals surface area contributed by atoms with Crippen LogP contribution in [0.1, 0.15) is 24.5 Å². The molecule has 0 bridgehead atoms. The third-order valence-electron chi connectivity index (χ3n) is 3.27. The quantitative estimate of drug-likeness (QED) is 0.442. The minimum absolute atomic E-state index is 0.392. The number of hydrogen-bond donors (Lipinski definition) is 2. The molecule has 0 aliphatic carbocycles. The van der Waals surface area contributed by atoms with Crippen molar-refractivity contribution in [1.82, 2.24) is 5.43 Å².